The maximum atomic E-state index is 13.2. The predicted molar refractivity (Wildman–Crippen MR) is 113 cm³/mol. The summed E-state index contributed by atoms with van der Waals surface area (Å²) in [5.74, 6) is 0.398. The molecule has 4 rings (SSSR count). The van der Waals surface area contributed by atoms with Gasteiger partial charge in [0.15, 0.2) is 5.76 Å². The van der Waals surface area contributed by atoms with Crippen molar-refractivity contribution >= 4 is 43.3 Å². The Kier molecular flexibility index (Phi) is 5.49. The molecule has 6 nitrogen and oxygen atoms in total. The van der Waals surface area contributed by atoms with Crippen LogP contribution in [0.1, 0.15) is 5.56 Å². The van der Waals surface area contributed by atoms with Gasteiger partial charge >= 0.3 is 0 Å². The fourth-order valence-electron chi connectivity index (χ4n) is 2.65. The van der Waals surface area contributed by atoms with Crippen molar-refractivity contribution in [3.05, 3.63) is 82.0 Å². The zero-order valence-corrected chi connectivity index (χ0v) is 18.0. The third-order valence-electron chi connectivity index (χ3n) is 4.10. The molecule has 29 heavy (non-hydrogen) atoms. The number of rotatable bonds is 6. The summed E-state index contributed by atoms with van der Waals surface area (Å²) in [6.07, 6.45) is 1.46. The fraction of sp³-hybridized carbons (Fsp3) is 0.0500. The van der Waals surface area contributed by atoms with Crippen molar-refractivity contribution in [3.8, 4) is 11.7 Å². The zero-order valence-electron chi connectivity index (χ0n) is 14.8. The lowest BCUT2D eigenvalue weighted by Gasteiger charge is -2.07. The van der Waals surface area contributed by atoms with Crippen LogP contribution < -0.4 is 5.32 Å². The van der Waals surface area contributed by atoms with Gasteiger partial charge in [-0.1, -0.05) is 45.7 Å². The summed E-state index contributed by atoms with van der Waals surface area (Å²) in [5, 5.41) is 3.33. The average molecular weight is 494 g/mol. The highest BCUT2D eigenvalue weighted by atomic mass is 79.9. The van der Waals surface area contributed by atoms with Crippen LogP contribution in [-0.2, 0) is 16.4 Å². The Morgan fingerprint density at radius 2 is 1.79 bits per heavy atom. The first-order valence-electron chi connectivity index (χ1n) is 8.48. The molecule has 0 spiro atoms. The second kappa shape index (κ2) is 8.06. The predicted octanol–water partition coefficient (Wildman–Crippen LogP) is 5.80. The largest absolute Gasteiger partial charge is 0.459 e. The number of aromatic nitrogens is 1. The normalized spacial score (nSPS) is 11.5. The third-order valence-corrected chi connectivity index (χ3v) is 6.68. The van der Waals surface area contributed by atoms with E-state index in [-0.39, 0.29) is 28.2 Å². The number of nitrogens with one attached hydrogen (secondary N) is 1. The first-order chi connectivity index (χ1) is 13.9. The van der Waals surface area contributed by atoms with Crippen LogP contribution in [0.3, 0.4) is 0 Å². The summed E-state index contributed by atoms with van der Waals surface area (Å²) >= 11 is 9.50. The monoisotopic (exact) mass is 492 g/mol. The number of nitrogens with zero attached hydrogens (tertiary/aromatic N) is 1. The van der Waals surface area contributed by atoms with Gasteiger partial charge in [-0.15, -0.1) is 0 Å². The first kappa shape index (κ1) is 19.8. The molecule has 2 aromatic carbocycles. The van der Waals surface area contributed by atoms with E-state index in [0.717, 1.165) is 10.0 Å². The van der Waals surface area contributed by atoms with E-state index in [9.17, 15) is 8.42 Å². The number of halogens is 2. The van der Waals surface area contributed by atoms with E-state index in [1.165, 1.54) is 18.4 Å². The molecule has 0 fully saturated rings. The van der Waals surface area contributed by atoms with E-state index in [0.29, 0.717) is 10.8 Å². The SMILES string of the molecule is O=S(=O)(c1ccc(Br)cc1)c1nc(-c2ccco2)oc1NCc1ccccc1Cl. The number of hydrogen-bond acceptors (Lipinski definition) is 6. The highest BCUT2D eigenvalue weighted by Crippen LogP contribution is 2.33. The molecule has 0 aliphatic heterocycles. The van der Waals surface area contributed by atoms with Gasteiger partial charge in [-0.3, -0.25) is 0 Å². The van der Waals surface area contributed by atoms with Crippen molar-refractivity contribution < 1.29 is 17.3 Å². The summed E-state index contributed by atoms with van der Waals surface area (Å²) in [6, 6.07) is 16.9. The van der Waals surface area contributed by atoms with Crippen molar-refractivity contribution in [1.82, 2.24) is 4.98 Å². The van der Waals surface area contributed by atoms with Crippen LogP contribution in [0, 0.1) is 0 Å². The molecular weight excluding hydrogens is 480 g/mol. The average Bonchev–Trinajstić information content (AvgIpc) is 3.38. The molecule has 0 amide bonds. The summed E-state index contributed by atoms with van der Waals surface area (Å²) in [4.78, 5) is 4.30. The standard InChI is InChI=1S/C20H14BrClN2O4S/c21-14-7-9-15(10-8-14)29(25,26)20-19(23-12-13-4-1-2-5-16(13)22)28-18(24-20)17-6-3-11-27-17/h1-11,23H,12H2. The molecule has 1 N–H and O–H groups in total. The van der Waals surface area contributed by atoms with Gasteiger partial charge in [-0.05, 0) is 48.0 Å². The minimum absolute atomic E-state index is 0.0132. The Bertz CT molecular complexity index is 1240. The van der Waals surface area contributed by atoms with Crippen LogP contribution in [0.2, 0.25) is 5.02 Å². The number of hydrogen-bond donors (Lipinski definition) is 1. The second-order valence-electron chi connectivity index (χ2n) is 6.03. The molecule has 0 saturated heterocycles. The molecule has 2 heterocycles. The van der Waals surface area contributed by atoms with Gasteiger partial charge < -0.3 is 14.2 Å². The summed E-state index contributed by atoms with van der Waals surface area (Å²) in [6.45, 7) is 0.259. The van der Waals surface area contributed by atoms with Crippen LogP contribution in [0.5, 0.6) is 0 Å². The van der Waals surface area contributed by atoms with E-state index >= 15 is 0 Å². The Morgan fingerprint density at radius 1 is 1.03 bits per heavy atom. The van der Waals surface area contributed by atoms with E-state index in [1.807, 2.05) is 18.2 Å². The lowest BCUT2D eigenvalue weighted by atomic mass is 10.2. The third kappa shape index (κ3) is 4.10. The van der Waals surface area contributed by atoms with Gasteiger partial charge in [-0.2, -0.15) is 4.98 Å². The van der Waals surface area contributed by atoms with Crippen molar-refractivity contribution in [3.63, 3.8) is 0 Å². The summed E-state index contributed by atoms with van der Waals surface area (Å²) in [5.41, 5.74) is 0.789. The van der Waals surface area contributed by atoms with Crippen molar-refractivity contribution in [1.29, 1.82) is 0 Å². The van der Waals surface area contributed by atoms with Gasteiger partial charge in [0.1, 0.15) is 0 Å². The topological polar surface area (TPSA) is 85.3 Å². The molecule has 0 atom stereocenters. The maximum absolute atomic E-state index is 13.2. The minimum atomic E-state index is -3.93. The zero-order chi connectivity index (χ0) is 20.4. The van der Waals surface area contributed by atoms with Crippen molar-refractivity contribution in [2.45, 2.75) is 16.5 Å². The van der Waals surface area contributed by atoms with Crippen molar-refractivity contribution in [2.24, 2.45) is 0 Å². The van der Waals surface area contributed by atoms with Gasteiger partial charge in [-0.25, -0.2) is 8.42 Å². The van der Waals surface area contributed by atoms with E-state index in [4.69, 9.17) is 20.4 Å². The smallest absolute Gasteiger partial charge is 0.266 e. The summed E-state index contributed by atoms with van der Waals surface area (Å²) < 4.78 is 38.2. The number of oxazole rings is 1. The molecule has 0 radical (unpaired) electrons. The number of furan rings is 1. The Hall–Kier alpha value is -2.55. The highest BCUT2D eigenvalue weighted by Gasteiger charge is 2.29. The number of anilines is 1. The Morgan fingerprint density at radius 3 is 2.48 bits per heavy atom. The van der Waals surface area contributed by atoms with E-state index in [2.05, 4.69) is 26.2 Å². The molecule has 0 aliphatic rings. The summed E-state index contributed by atoms with van der Waals surface area (Å²) in [7, 11) is -3.93. The molecule has 4 aromatic rings. The number of sulfone groups is 1. The fourth-order valence-corrected chi connectivity index (χ4v) is 4.39. The Labute approximate surface area is 180 Å². The number of benzene rings is 2. The van der Waals surface area contributed by atoms with E-state index < -0.39 is 9.84 Å². The molecule has 0 unspecified atom stereocenters. The quantitative estimate of drug-likeness (QED) is 0.366. The van der Waals surface area contributed by atoms with Gasteiger partial charge in [0.25, 0.3) is 5.89 Å². The van der Waals surface area contributed by atoms with Crippen LogP contribution in [-0.4, -0.2) is 13.4 Å². The minimum Gasteiger partial charge on any atom is -0.459 e. The molecule has 0 bridgehead atoms. The van der Waals surface area contributed by atoms with Crippen molar-refractivity contribution in [2.75, 3.05) is 5.32 Å². The lowest BCUT2D eigenvalue weighted by Crippen LogP contribution is -2.07. The van der Waals surface area contributed by atoms with Crippen LogP contribution in [0.25, 0.3) is 11.7 Å². The van der Waals surface area contributed by atoms with Crippen LogP contribution in [0.15, 0.2) is 90.2 Å². The second-order valence-corrected chi connectivity index (χ2v) is 9.22. The lowest BCUT2D eigenvalue weighted by molar-refractivity contribution is 0.522. The molecule has 2 aromatic heterocycles. The molecule has 0 saturated carbocycles. The van der Waals surface area contributed by atoms with E-state index in [1.54, 1.807) is 30.3 Å². The van der Waals surface area contributed by atoms with Crippen LogP contribution in [0.4, 0.5) is 5.88 Å². The van der Waals surface area contributed by atoms with Gasteiger partial charge in [0.05, 0.1) is 11.2 Å². The highest BCUT2D eigenvalue weighted by molar-refractivity contribution is 9.10. The maximum Gasteiger partial charge on any atom is 0.266 e. The van der Waals surface area contributed by atoms with Gasteiger partial charge in [0.2, 0.25) is 20.7 Å². The molecule has 9 heteroatoms. The first-order valence-corrected chi connectivity index (χ1v) is 11.1. The van der Waals surface area contributed by atoms with Crippen LogP contribution >= 0.6 is 27.5 Å². The Balaban J connectivity index is 1.75. The molecule has 0 aliphatic carbocycles. The van der Waals surface area contributed by atoms with Gasteiger partial charge in [0, 0.05) is 16.0 Å². The molecule has 148 valence electrons. The molecular formula is C20H14BrClN2O4S.